The first-order valence-electron chi connectivity index (χ1n) is 5.27. The first-order chi connectivity index (χ1) is 8.16. The molecule has 0 unspecified atom stereocenters. The summed E-state index contributed by atoms with van der Waals surface area (Å²) in [4.78, 5) is 27.6. The number of carboxylic acids is 1. The normalized spacial score (nSPS) is 14.4. The van der Waals surface area contributed by atoms with Crippen LogP contribution in [0.3, 0.4) is 0 Å². The zero-order valence-corrected chi connectivity index (χ0v) is 9.09. The number of urea groups is 1. The van der Waals surface area contributed by atoms with E-state index in [9.17, 15) is 9.59 Å². The van der Waals surface area contributed by atoms with Gasteiger partial charge in [0, 0.05) is 6.04 Å². The van der Waals surface area contributed by atoms with E-state index in [-0.39, 0.29) is 25.2 Å². The molecule has 92 valence electrons. The molecule has 1 saturated carbocycles. The molecule has 17 heavy (non-hydrogen) atoms. The second kappa shape index (κ2) is 4.81. The molecule has 1 aromatic rings. The van der Waals surface area contributed by atoms with Crippen molar-refractivity contribution in [3.63, 3.8) is 0 Å². The smallest absolute Gasteiger partial charge is 0.323 e. The van der Waals surface area contributed by atoms with Gasteiger partial charge in [-0.1, -0.05) is 0 Å². The Morgan fingerprint density at radius 1 is 1.59 bits per heavy atom. The molecule has 2 rings (SSSR count). The minimum Gasteiger partial charge on any atom is -0.480 e. The number of amides is 2. The van der Waals surface area contributed by atoms with Gasteiger partial charge in [-0.25, -0.2) is 9.78 Å². The minimum atomic E-state index is -1.01. The Bertz CT molecular complexity index is 401. The van der Waals surface area contributed by atoms with Gasteiger partial charge in [-0.05, 0) is 12.8 Å². The van der Waals surface area contributed by atoms with Crippen LogP contribution in [0.2, 0.25) is 0 Å². The Morgan fingerprint density at radius 2 is 2.35 bits per heavy atom. The number of hydrogen-bond acceptors (Lipinski definition) is 4. The van der Waals surface area contributed by atoms with Crippen LogP contribution in [0.25, 0.3) is 0 Å². The lowest BCUT2D eigenvalue weighted by molar-refractivity contribution is -0.137. The van der Waals surface area contributed by atoms with Crippen LogP contribution in [-0.2, 0) is 11.3 Å². The maximum atomic E-state index is 11.7. The standard InChI is InChI=1S/C9H13N5O3/c15-8(16)4-14(6-1-2-6)9(17)10-3-7-11-5-12-13-7/h5-6H,1-4H2,(H,10,17)(H,15,16)(H,11,12,13). The molecule has 2 amide bonds. The maximum Gasteiger partial charge on any atom is 0.323 e. The predicted molar refractivity (Wildman–Crippen MR) is 56.0 cm³/mol. The van der Waals surface area contributed by atoms with Crippen molar-refractivity contribution in [1.82, 2.24) is 25.4 Å². The number of carbonyl (C=O) groups excluding carboxylic acids is 1. The number of rotatable bonds is 5. The third-order valence-corrected chi connectivity index (χ3v) is 2.43. The summed E-state index contributed by atoms with van der Waals surface area (Å²) in [5.41, 5.74) is 0. The molecule has 0 aliphatic heterocycles. The van der Waals surface area contributed by atoms with E-state index in [0.29, 0.717) is 5.82 Å². The number of aliphatic carboxylic acids is 1. The van der Waals surface area contributed by atoms with Crippen LogP contribution in [0.4, 0.5) is 4.79 Å². The van der Waals surface area contributed by atoms with Gasteiger partial charge in [0.2, 0.25) is 0 Å². The molecule has 8 nitrogen and oxygen atoms in total. The van der Waals surface area contributed by atoms with Gasteiger partial charge in [-0.15, -0.1) is 0 Å². The second-order valence-corrected chi connectivity index (χ2v) is 3.84. The molecular formula is C9H13N5O3. The van der Waals surface area contributed by atoms with E-state index in [4.69, 9.17) is 5.11 Å². The summed E-state index contributed by atoms with van der Waals surface area (Å²) in [6.07, 6.45) is 3.07. The molecule has 1 heterocycles. The largest absolute Gasteiger partial charge is 0.480 e. The van der Waals surface area contributed by atoms with Crippen LogP contribution in [0.1, 0.15) is 18.7 Å². The zero-order valence-electron chi connectivity index (χ0n) is 9.09. The van der Waals surface area contributed by atoms with Crippen LogP contribution in [-0.4, -0.2) is 49.8 Å². The summed E-state index contributed by atoms with van der Waals surface area (Å²) in [5.74, 6) is -0.476. The fourth-order valence-electron chi connectivity index (χ4n) is 1.48. The SMILES string of the molecule is O=C(O)CN(C(=O)NCc1ncn[nH]1)C1CC1. The van der Waals surface area contributed by atoms with Crippen LogP contribution in [0.15, 0.2) is 6.33 Å². The van der Waals surface area contributed by atoms with Crippen molar-refractivity contribution < 1.29 is 14.7 Å². The molecule has 0 bridgehead atoms. The third-order valence-electron chi connectivity index (χ3n) is 2.43. The molecule has 0 aromatic carbocycles. The highest BCUT2D eigenvalue weighted by molar-refractivity contribution is 5.80. The van der Waals surface area contributed by atoms with E-state index in [2.05, 4.69) is 20.5 Å². The maximum absolute atomic E-state index is 11.7. The number of aromatic amines is 1. The van der Waals surface area contributed by atoms with Crippen LogP contribution < -0.4 is 5.32 Å². The Morgan fingerprint density at radius 3 is 2.88 bits per heavy atom. The minimum absolute atomic E-state index is 0.0563. The van der Waals surface area contributed by atoms with Crippen molar-refractivity contribution in [3.05, 3.63) is 12.2 Å². The lowest BCUT2D eigenvalue weighted by Crippen LogP contribution is -2.43. The summed E-state index contributed by atoms with van der Waals surface area (Å²) in [6, 6.07) is -0.327. The summed E-state index contributed by atoms with van der Waals surface area (Å²) in [6.45, 7) is -0.0609. The quantitative estimate of drug-likeness (QED) is 0.645. The van der Waals surface area contributed by atoms with Gasteiger partial charge in [-0.2, -0.15) is 5.10 Å². The number of H-pyrrole nitrogens is 1. The molecular weight excluding hydrogens is 226 g/mol. The van der Waals surface area contributed by atoms with Crippen molar-refractivity contribution in [3.8, 4) is 0 Å². The van der Waals surface area contributed by atoms with E-state index >= 15 is 0 Å². The van der Waals surface area contributed by atoms with Crippen molar-refractivity contribution in [2.45, 2.75) is 25.4 Å². The highest BCUT2D eigenvalue weighted by Gasteiger charge is 2.33. The summed E-state index contributed by atoms with van der Waals surface area (Å²) < 4.78 is 0. The van der Waals surface area contributed by atoms with E-state index in [1.807, 2.05) is 0 Å². The van der Waals surface area contributed by atoms with Crippen molar-refractivity contribution in [1.29, 1.82) is 0 Å². The van der Waals surface area contributed by atoms with Gasteiger partial charge < -0.3 is 15.3 Å². The number of nitrogens with one attached hydrogen (secondary N) is 2. The van der Waals surface area contributed by atoms with Gasteiger partial charge in [0.1, 0.15) is 18.7 Å². The van der Waals surface area contributed by atoms with E-state index < -0.39 is 5.97 Å². The Kier molecular flexibility index (Phi) is 3.22. The first kappa shape index (κ1) is 11.4. The highest BCUT2D eigenvalue weighted by Crippen LogP contribution is 2.26. The van der Waals surface area contributed by atoms with E-state index in [1.54, 1.807) is 0 Å². The van der Waals surface area contributed by atoms with Crippen LogP contribution in [0, 0.1) is 0 Å². The number of nitrogens with zero attached hydrogens (tertiary/aromatic N) is 3. The zero-order chi connectivity index (χ0) is 12.3. The average Bonchev–Trinajstić information content (AvgIpc) is 2.99. The van der Waals surface area contributed by atoms with E-state index in [1.165, 1.54) is 11.2 Å². The second-order valence-electron chi connectivity index (χ2n) is 3.84. The molecule has 1 aliphatic rings. The lowest BCUT2D eigenvalue weighted by atomic mass is 10.5. The Labute approximate surface area is 97.0 Å². The van der Waals surface area contributed by atoms with Crippen LogP contribution in [0.5, 0.6) is 0 Å². The number of hydrogen-bond donors (Lipinski definition) is 3. The summed E-state index contributed by atoms with van der Waals surface area (Å²) >= 11 is 0. The average molecular weight is 239 g/mol. The first-order valence-corrected chi connectivity index (χ1v) is 5.27. The number of carbonyl (C=O) groups is 2. The molecule has 0 radical (unpaired) electrons. The third kappa shape index (κ3) is 3.16. The Hall–Kier alpha value is -2.12. The van der Waals surface area contributed by atoms with Gasteiger partial charge in [0.15, 0.2) is 0 Å². The van der Waals surface area contributed by atoms with Gasteiger partial charge in [0.25, 0.3) is 0 Å². The van der Waals surface area contributed by atoms with Crippen LogP contribution >= 0.6 is 0 Å². The molecule has 3 N–H and O–H groups in total. The molecule has 8 heteroatoms. The number of aromatic nitrogens is 3. The fraction of sp³-hybridized carbons (Fsp3) is 0.556. The molecule has 0 saturated heterocycles. The molecule has 1 aromatic heterocycles. The van der Waals surface area contributed by atoms with Crippen molar-refractivity contribution in [2.75, 3.05) is 6.54 Å². The van der Waals surface area contributed by atoms with Gasteiger partial charge in [0.05, 0.1) is 6.54 Å². The fourth-order valence-corrected chi connectivity index (χ4v) is 1.48. The van der Waals surface area contributed by atoms with Gasteiger partial charge >= 0.3 is 12.0 Å². The van der Waals surface area contributed by atoms with Crippen molar-refractivity contribution >= 4 is 12.0 Å². The van der Waals surface area contributed by atoms with Gasteiger partial charge in [-0.3, -0.25) is 9.89 Å². The monoisotopic (exact) mass is 239 g/mol. The molecule has 0 atom stereocenters. The Balaban J connectivity index is 1.85. The van der Waals surface area contributed by atoms with E-state index in [0.717, 1.165) is 12.8 Å². The summed E-state index contributed by atoms with van der Waals surface area (Å²) in [5, 5.41) is 17.6. The number of carboxylic acid groups (broad SMARTS) is 1. The predicted octanol–water partition coefficient (Wildman–Crippen LogP) is -0.437. The molecule has 1 aliphatic carbocycles. The lowest BCUT2D eigenvalue weighted by Gasteiger charge is -2.20. The molecule has 0 spiro atoms. The van der Waals surface area contributed by atoms with Crippen molar-refractivity contribution in [2.24, 2.45) is 0 Å². The molecule has 1 fully saturated rings. The topological polar surface area (TPSA) is 111 Å². The highest BCUT2D eigenvalue weighted by atomic mass is 16.4. The summed E-state index contributed by atoms with van der Waals surface area (Å²) in [7, 11) is 0.